The Bertz CT molecular complexity index is 906. The standard InChI is InChI=1S/C33H52O6/c1-21(37-22(2)34)26-20-28(39-30-10-6-8-18-36-30)33(4)16-14-27-25(31(26)33)12-11-23-19-24(13-15-32(23,27)3)38-29-9-5-7-17-35-29/h11,21,24-31H,5-10,12-20H2,1-4H3/t21?,24-,25+,26-,27-,28-,29?,30-,31+,32-,33+/m0/s1. The average molecular weight is 545 g/mol. The quantitative estimate of drug-likeness (QED) is 0.266. The maximum Gasteiger partial charge on any atom is 0.302 e. The van der Waals surface area contributed by atoms with Gasteiger partial charge in [-0.05, 0) is 119 Å². The molecule has 2 unspecified atom stereocenters. The molecule has 6 nitrogen and oxygen atoms in total. The minimum atomic E-state index is -0.172. The van der Waals surface area contributed by atoms with Gasteiger partial charge in [-0.2, -0.15) is 0 Å². The minimum Gasteiger partial charge on any atom is -0.463 e. The van der Waals surface area contributed by atoms with Crippen LogP contribution in [0.4, 0.5) is 0 Å². The number of ether oxygens (including phenoxy) is 5. The molecule has 0 amide bonds. The fourth-order valence-electron chi connectivity index (χ4n) is 9.95. The predicted octanol–water partition coefficient (Wildman–Crippen LogP) is 6.95. The molecule has 2 heterocycles. The second kappa shape index (κ2) is 11.4. The number of esters is 1. The third-order valence-corrected chi connectivity index (χ3v) is 11.9. The monoisotopic (exact) mass is 544 g/mol. The van der Waals surface area contributed by atoms with Gasteiger partial charge in [-0.25, -0.2) is 0 Å². The van der Waals surface area contributed by atoms with Crippen molar-refractivity contribution in [3.63, 3.8) is 0 Å². The van der Waals surface area contributed by atoms with E-state index in [1.165, 1.54) is 32.1 Å². The van der Waals surface area contributed by atoms with Gasteiger partial charge in [-0.3, -0.25) is 4.79 Å². The van der Waals surface area contributed by atoms with Gasteiger partial charge in [0.15, 0.2) is 12.6 Å². The van der Waals surface area contributed by atoms with E-state index in [0.717, 1.165) is 64.6 Å². The van der Waals surface area contributed by atoms with Gasteiger partial charge in [0.05, 0.1) is 12.2 Å². The van der Waals surface area contributed by atoms with Crippen molar-refractivity contribution in [1.29, 1.82) is 0 Å². The fourth-order valence-corrected chi connectivity index (χ4v) is 9.95. The molecule has 2 saturated heterocycles. The molecule has 0 spiro atoms. The third kappa shape index (κ3) is 5.37. The molecular formula is C33H52O6. The summed E-state index contributed by atoms with van der Waals surface area (Å²) in [6, 6.07) is 0. The molecule has 5 fully saturated rings. The highest BCUT2D eigenvalue weighted by atomic mass is 16.7. The van der Waals surface area contributed by atoms with Crippen LogP contribution < -0.4 is 0 Å². The minimum absolute atomic E-state index is 0.00692. The maximum atomic E-state index is 12.0. The van der Waals surface area contributed by atoms with E-state index in [1.807, 2.05) is 0 Å². The maximum absolute atomic E-state index is 12.0. The largest absolute Gasteiger partial charge is 0.463 e. The van der Waals surface area contributed by atoms with E-state index < -0.39 is 0 Å². The Labute approximate surface area is 235 Å². The summed E-state index contributed by atoms with van der Waals surface area (Å²) in [5.41, 5.74) is 1.95. The van der Waals surface area contributed by atoms with E-state index in [4.69, 9.17) is 23.7 Å². The van der Waals surface area contributed by atoms with E-state index in [-0.39, 0.29) is 47.7 Å². The first-order valence-corrected chi connectivity index (χ1v) is 16.2. The summed E-state index contributed by atoms with van der Waals surface area (Å²) in [5.74, 6) is 1.90. The number of carbonyl (C=O) groups is 1. The van der Waals surface area contributed by atoms with Crippen molar-refractivity contribution in [3.05, 3.63) is 11.6 Å². The number of hydrogen-bond acceptors (Lipinski definition) is 6. The Morgan fingerprint density at radius 1 is 0.974 bits per heavy atom. The van der Waals surface area contributed by atoms with Crippen LogP contribution in [0, 0.1) is 34.5 Å². The van der Waals surface area contributed by atoms with Crippen molar-refractivity contribution in [1.82, 2.24) is 0 Å². The molecule has 0 aromatic rings. The molecule has 6 heteroatoms. The molecule has 6 rings (SSSR count). The summed E-state index contributed by atoms with van der Waals surface area (Å²) in [4.78, 5) is 12.0. The highest BCUT2D eigenvalue weighted by Crippen LogP contribution is 2.67. The van der Waals surface area contributed by atoms with E-state index in [9.17, 15) is 4.79 Å². The Morgan fingerprint density at radius 2 is 1.69 bits per heavy atom. The van der Waals surface area contributed by atoms with Crippen LogP contribution in [0.2, 0.25) is 0 Å². The Kier molecular flexibility index (Phi) is 8.22. The molecule has 39 heavy (non-hydrogen) atoms. The predicted molar refractivity (Wildman–Crippen MR) is 149 cm³/mol. The summed E-state index contributed by atoms with van der Waals surface area (Å²) >= 11 is 0. The van der Waals surface area contributed by atoms with Gasteiger partial charge in [0.25, 0.3) is 0 Å². The molecule has 220 valence electrons. The van der Waals surface area contributed by atoms with Crippen LogP contribution >= 0.6 is 0 Å². The molecule has 0 aromatic carbocycles. The lowest BCUT2D eigenvalue weighted by Gasteiger charge is -2.59. The van der Waals surface area contributed by atoms with Crippen LogP contribution in [0.3, 0.4) is 0 Å². The van der Waals surface area contributed by atoms with E-state index >= 15 is 0 Å². The second-order valence-corrected chi connectivity index (χ2v) is 14.2. The highest BCUT2D eigenvalue weighted by molar-refractivity contribution is 5.66. The molecule has 0 bridgehead atoms. The van der Waals surface area contributed by atoms with Crippen molar-refractivity contribution in [2.45, 2.75) is 142 Å². The molecule has 0 radical (unpaired) electrons. The molecule has 2 aliphatic heterocycles. The van der Waals surface area contributed by atoms with Crippen molar-refractivity contribution >= 4 is 5.97 Å². The SMILES string of the molecule is CC(=O)OC(C)[C@@H]1C[C@H](O[C@H]2CCCCO2)[C@@]2(C)CC[C@H]3[C@@H](CC=C4C[C@@H](OC5CCCCO5)CC[C@@]43C)[C@H]12. The number of allylic oxidation sites excluding steroid dienone is 1. The fraction of sp³-hybridized carbons (Fsp3) is 0.909. The molecule has 4 aliphatic carbocycles. The molecule has 6 aliphatic rings. The average Bonchev–Trinajstić information content (AvgIpc) is 3.22. The third-order valence-electron chi connectivity index (χ3n) is 11.9. The van der Waals surface area contributed by atoms with Crippen molar-refractivity contribution in [2.24, 2.45) is 34.5 Å². The molecule has 11 atom stereocenters. The zero-order valence-electron chi connectivity index (χ0n) is 24.8. The summed E-state index contributed by atoms with van der Waals surface area (Å²) in [6.45, 7) is 10.4. The first-order chi connectivity index (χ1) is 18.8. The van der Waals surface area contributed by atoms with Crippen molar-refractivity contribution < 1.29 is 28.5 Å². The van der Waals surface area contributed by atoms with Crippen molar-refractivity contribution in [2.75, 3.05) is 13.2 Å². The molecular weight excluding hydrogens is 492 g/mol. The summed E-state index contributed by atoms with van der Waals surface area (Å²) in [5, 5.41) is 0. The van der Waals surface area contributed by atoms with E-state index in [1.54, 1.807) is 12.5 Å². The highest BCUT2D eigenvalue weighted by Gasteiger charge is 2.63. The van der Waals surface area contributed by atoms with Crippen LogP contribution in [0.25, 0.3) is 0 Å². The summed E-state index contributed by atoms with van der Waals surface area (Å²) in [7, 11) is 0. The Hall–Kier alpha value is -0.950. The second-order valence-electron chi connectivity index (χ2n) is 14.2. The van der Waals surface area contributed by atoms with Gasteiger partial charge in [0, 0.05) is 26.1 Å². The van der Waals surface area contributed by atoms with Crippen LogP contribution in [0.5, 0.6) is 0 Å². The lowest BCUT2D eigenvalue weighted by atomic mass is 9.47. The van der Waals surface area contributed by atoms with Crippen LogP contribution in [0.1, 0.15) is 111 Å². The zero-order chi connectivity index (χ0) is 27.2. The van der Waals surface area contributed by atoms with Gasteiger partial charge in [-0.15, -0.1) is 0 Å². The van der Waals surface area contributed by atoms with E-state index in [2.05, 4.69) is 26.8 Å². The first-order valence-electron chi connectivity index (χ1n) is 16.2. The molecule has 0 N–H and O–H groups in total. The van der Waals surface area contributed by atoms with Crippen molar-refractivity contribution in [3.8, 4) is 0 Å². The lowest BCUT2D eigenvalue weighted by Crippen LogP contribution is -2.53. The summed E-state index contributed by atoms with van der Waals surface area (Å²) in [6.07, 6.45) is 17.5. The van der Waals surface area contributed by atoms with Gasteiger partial charge in [0.2, 0.25) is 0 Å². The first kappa shape index (κ1) is 28.2. The zero-order valence-corrected chi connectivity index (χ0v) is 24.8. The lowest BCUT2D eigenvalue weighted by molar-refractivity contribution is -0.216. The van der Waals surface area contributed by atoms with Crippen LogP contribution in [0.15, 0.2) is 11.6 Å². The number of carbonyl (C=O) groups excluding carboxylic acids is 1. The Morgan fingerprint density at radius 3 is 2.36 bits per heavy atom. The molecule has 0 aromatic heterocycles. The van der Waals surface area contributed by atoms with Crippen LogP contribution in [-0.2, 0) is 28.5 Å². The summed E-state index contributed by atoms with van der Waals surface area (Å²) < 4.78 is 31.1. The van der Waals surface area contributed by atoms with Gasteiger partial charge >= 0.3 is 5.97 Å². The number of hydrogen-bond donors (Lipinski definition) is 0. The number of rotatable bonds is 6. The smallest absolute Gasteiger partial charge is 0.302 e. The van der Waals surface area contributed by atoms with Gasteiger partial charge < -0.3 is 23.7 Å². The Balaban J connectivity index is 1.23. The topological polar surface area (TPSA) is 63.2 Å². The van der Waals surface area contributed by atoms with E-state index in [0.29, 0.717) is 23.7 Å². The van der Waals surface area contributed by atoms with Gasteiger partial charge in [0.1, 0.15) is 6.10 Å². The van der Waals surface area contributed by atoms with Crippen LogP contribution in [-0.4, -0.2) is 50.1 Å². The molecule has 3 saturated carbocycles. The normalized spacial score (nSPS) is 46.8. The van der Waals surface area contributed by atoms with Gasteiger partial charge in [-0.1, -0.05) is 25.5 Å². The number of fused-ring (bicyclic) bond motifs is 5.